The first-order valence-electron chi connectivity index (χ1n) is 8.82. The lowest BCUT2D eigenvalue weighted by Crippen LogP contribution is -2.47. The second kappa shape index (κ2) is 8.34. The number of amides is 1. The molecular weight excluding hydrogens is 290 g/mol. The molecule has 0 spiro atoms. The maximum atomic E-state index is 12.7. The van der Waals surface area contributed by atoms with Crippen molar-refractivity contribution in [2.45, 2.75) is 71.0 Å². The number of rotatable bonds is 7. The minimum absolute atomic E-state index is 0.0188. The minimum Gasteiger partial charge on any atom is -0.491 e. The third kappa shape index (κ3) is 4.71. The second-order valence-electron chi connectivity index (χ2n) is 6.30. The maximum Gasteiger partial charge on any atom is 0.256 e. The van der Waals surface area contributed by atoms with Gasteiger partial charge in [0.1, 0.15) is 11.4 Å². The smallest absolute Gasteiger partial charge is 0.256 e. The molecule has 23 heavy (non-hydrogen) atoms. The molecule has 0 heterocycles. The van der Waals surface area contributed by atoms with Crippen LogP contribution in [0.4, 0.5) is 5.69 Å². The van der Waals surface area contributed by atoms with Gasteiger partial charge in [0.25, 0.3) is 5.91 Å². The van der Waals surface area contributed by atoms with Crippen molar-refractivity contribution < 1.29 is 14.3 Å². The molecule has 0 aromatic heterocycles. The van der Waals surface area contributed by atoms with Crippen LogP contribution in [-0.4, -0.2) is 24.2 Å². The number of nitrogens with one attached hydrogen (secondary N) is 1. The Hall–Kier alpha value is -1.55. The van der Waals surface area contributed by atoms with Crippen molar-refractivity contribution >= 4 is 11.6 Å². The Morgan fingerprint density at radius 1 is 1.17 bits per heavy atom. The molecule has 1 aromatic carbocycles. The van der Waals surface area contributed by atoms with Gasteiger partial charge >= 0.3 is 0 Å². The summed E-state index contributed by atoms with van der Waals surface area (Å²) >= 11 is 0. The third-order valence-corrected chi connectivity index (χ3v) is 4.52. The fourth-order valence-corrected chi connectivity index (χ4v) is 3.01. The van der Waals surface area contributed by atoms with Crippen molar-refractivity contribution in [3.8, 4) is 5.75 Å². The lowest BCUT2D eigenvalue weighted by molar-refractivity contribution is -0.145. The van der Waals surface area contributed by atoms with Crippen LogP contribution < -0.4 is 10.1 Å². The largest absolute Gasteiger partial charge is 0.491 e. The molecule has 1 aromatic rings. The van der Waals surface area contributed by atoms with Gasteiger partial charge in [0, 0.05) is 12.3 Å². The molecule has 128 valence electrons. The zero-order valence-electron chi connectivity index (χ0n) is 14.6. The fourth-order valence-electron chi connectivity index (χ4n) is 3.01. The number of ether oxygens (including phenoxy) is 2. The number of carbonyl (C=O) groups excluding carboxylic acids is 1. The first kappa shape index (κ1) is 17.8. The second-order valence-corrected chi connectivity index (χ2v) is 6.30. The summed E-state index contributed by atoms with van der Waals surface area (Å²) in [5.41, 5.74) is 0.134. The number of hydrogen-bond donors (Lipinski definition) is 1. The third-order valence-electron chi connectivity index (χ3n) is 4.52. The molecule has 1 fully saturated rings. The highest BCUT2D eigenvalue weighted by molar-refractivity contribution is 5.97. The molecule has 0 saturated heterocycles. The molecule has 2 rings (SSSR count). The number of anilines is 1. The molecule has 0 aliphatic heterocycles. The summed E-state index contributed by atoms with van der Waals surface area (Å²) in [6.45, 7) is 6.65. The van der Waals surface area contributed by atoms with Crippen molar-refractivity contribution in [3.05, 3.63) is 24.3 Å². The van der Waals surface area contributed by atoms with E-state index in [1.165, 1.54) is 6.42 Å². The molecule has 1 aliphatic rings. The average molecular weight is 319 g/mol. The highest BCUT2D eigenvalue weighted by Crippen LogP contribution is 2.33. The van der Waals surface area contributed by atoms with Crippen molar-refractivity contribution in [1.29, 1.82) is 0 Å². The predicted molar refractivity (Wildman–Crippen MR) is 92.9 cm³/mol. The van der Waals surface area contributed by atoms with Crippen molar-refractivity contribution in [2.24, 2.45) is 0 Å². The van der Waals surface area contributed by atoms with Crippen LogP contribution in [0.5, 0.6) is 5.75 Å². The van der Waals surface area contributed by atoms with Gasteiger partial charge in [-0.1, -0.05) is 26.2 Å². The lowest BCUT2D eigenvalue weighted by Gasteiger charge is -2.35. The van der Waals surface area contributed by atoms with Crippen LogP contribution in [0.3, 0.4) is 0 Å². The molecule has 0 radical (unpaired) electrons. The van der Waals surface area contributed by atoms with Gasteiger partial charge in [-0.15, -0.1) is 0 Å². The molecule has 1 saturated carbocycles. The van der Waals surface area contributed by atoms with Gasteiger partial charge in [0.05, 0.1) is 6.10 Å². The maximum absolute atomic E-state index is 12.7. The molecule has 1 amide bonds. The molecule has 4 nitrogen and oxygen atoms in total. The van der Waals surface area contributed by atoms with Crippen LogP contribution in [0, 0.1) is 0 Å². The standard InChI is InChI=1S/C19H29NO3/c1-4-15(3)23-17-11-9-16(10-12-17)20-18(21)19(22-5-2)13-7-6-8-14-19/h9-12,15H,4-8,13-14H2,1-3H3,(H,20,21)/t15-/m0/s1. The number of hydrogen-bond acceptors (Lipinski definition) is 3. The van der Waals surface area contributed by atoms with Gasteiger partial charge in [-0.2, -0.15) is 0 Å². The van der Waals surface area contributed by atoms with Gasteiger partial charge in [-0.3, -0.25) is 4.79 Å². The van der Waals surface area contributed by atoms with E-state index >= 15 is 0 Å². The summed E-state index contributed by atoms with van der Waals surface area (Å²) in [6.07, 6.45) is 6.06. The highest BCUT2D eigenvalue weighted by atomic mass is 16.5. The normalized spacial score (nSPS) is 18.2. The molecule has 0 bridgehead atoms. The summed E-state index contributed by atoms with van der Waals surface area (Å²) in [5.74, 6) is 0.809. The number of benzene rings is 1. The van der Waals surface area contributed by atoms with Crippen molar-refractivity contribution in [3.63, 3.8) is 0 Å². The van der Waals surface area contributed by atoms with Crippen LogP contribution in [-0.2, 0) is 9.53 Å². The van der Waals surface area contributed by atoms with E-state index in [4.69, 9.17) is 9.47 Å². The van der Waals surface area contributed by atoms with E-state index in [2.05, 4.69) is 12.2 Å². The molecule has 1 aliphatic carbocycles. The zero-order chi connectivity index (χ0) is 16.7. The van der Waals surface area contributed by atoms with E-state index in [-0.39, 0.29) is 12.0 Å². The molecule has 4 heteroatoms. The van der Waals surface area contributed by atoms with Crippen LogP contribution in [0.25, 0.3) is 0 Å². The van der Waals surface area contributed by atoms with Gasteiger partial charge in [0.15, 0.2) is 0 Å². The Bertz CT molecular complexity index is 486. The van der Waals surface area contributed by atoms with Gasteiger partial charge in [-0.25, -0.2) is 0 Å². The van der Waals surface area contributed by atoms with Crippen LogP contribution in [0.2, 0.25) is 0 Å². The van der Waals surface area contributed by atoms with E-state index in [1.54, 1.807) is 0 Å². The van der Waals surface area contributed by atoms with Crippen molar-refractivity contribution in [1.82, 2.24) is 0 Å². The van der Waals surface area contributed by atoms with Gasteiger partial charge in [-0.05, 0) is 57.4 Å². The first-order chi connectivity index (χ1) is 11.1. The van der Waals surface area contributed by atoms with E-state index in [0.29, 0.717) is 6.61 Å². The van der Waals surface area contributed by atoms with E-state index in [1.807, 2.05) is 38.1 Å². The quantitative estimate of drug-likeness (QED) is 0.802. The summed E-state index contributed by atoms with van der Waals surface area (Å²) in [4.78, 5) is 12.7. The predicted octanol–water partition coefficient (Wildman–Crippen LogP) is 4.54. The molecule has 1 atom stereocenters. The molecule has 0 unspecified atom stereocenters. The van der Waals surface area contributed by atoms with Crippen molar-refractivity contribution in [2.75, 3.05) is 11.9 Å². The monoisotopic (exact) mass is 319 g/mol. The molecule has 1 N–H and O–H groups in total. The Labute approximate surface area is 139 Å². The van der Waals surface area contributed by atoms with E-state index < -0.39 is 5.60 Å². The van der Waals surface area contributed by atoms with E-state index in [9.17, 15) is 4.79 Å². The average Bonchev–Trinajstić information content (AvgIpc) is 2.57. The Morgan fingerprint density at radius 3 is 2.39 bits per heavy atom. The van der Waals surface area contributed by atoms with Gasteiger partial charge in [0.2, 0.25) is 0 Å². The lowest BCUT2D eigenvalue weighted by atomic mass is 9.83. The van der Waals surface area contributed by atoms with Gasteiger partial charge < -0.3 is 14.8 Å². The Morgan fingerprint density at radius 2 is 1.83 bits per heavy atom. The van der Waals surface area contributed by atoms with E-state index in [0.717, 1.165) is 43.5 Å². The fraction of sp³-hybridized carbons (Fsp3) is 0.632. The summed E-state index contributed by atoms with van der Waals surface area (Å²) in [6, 6.07) is 7.57. The number of carbonyl (C=O) groups is 1. The topological polar surface area (TPSA) is 47.6 Å². The first-order valence-corrected chi connectivity index (χ1v) is 8.82. The SMILES string of the molecule is CCOC1(C(=O)Nc2ccc(O[C@@H](C)CC)cc2)CCCCC1. The highest BCUT2D eigenvalue weighted by Gasteiger charge is 2.40. The summed E-state index contributed by atoms with van der Waals surface area (Å²) in [7, 11) is 0. The molecular formula is C19H29NO3. The zero-order valence-corrected chi connectivity index (χ0v) is 14.6. The van der Waals surface area contributed by atoms with Crippen LogP contribution in [0.15, 0.2) is 24.3 Å². The minimum atomic E-state index is -0.654. The van der Waals surface area contributed by atoms with Crippen LogP contribution in [0.1, 0.15) is 59.3 Å². The summed E-state index contributed by atoms with van der Waals surface area (Å²) in [5, 5.41) is 3.01. The summed E-state index contributed by atoms with van der Waals surface area (Å²) < 4.78 is 11.6. The van der Waals surface area contributed by atoms with Crippen LogP contribution >= 0.6 is 0 Å². The Kier molecular flexibility index (Phi) is 6.46. The Balaban J connectivity index is 2.00.